The lowest BCUT2D eigenvalue weighted by Crippen LogP contribution is -2.39. The molecular formula is C33H37N5O11S. The zero-order chi connectivity index (χ0) is 37.1. The second-order valence-corrected chi connectivity index (χ2v) is 14.2. The Bertz CT molecular complexity index is 2080. The Balaban J connectivity index is 1.73. The van der Waals surface area contributed by atoms with Gasteiger partial charge in [0, 0.05) is 23.2 Å². The monoisotopic (exact) mass is 711 g/mol. The maximum atomic E-state index is 13.8. The molecule has 0 aliphatic carbocycles. The third-order valence-corrected chi connectivity index (χ3v) is 8.99. The lowest BCUT2D eigenvalue weighted by atomic mass is 9.97. The maximum Gasteiger partial charge on any atom is 0.408 e. The van der Waals surface area contributed by atoms with Gasteiger partial charge in [-0.05, 0) is 52.7 Å². The van der Waals surface area contributed by atoms with E-state index in [-0.39, 0.29) is 46.3 Å². The highest BCUT2D eigenvalue weighted by atomic mass is 32.2. The Hall–Kier alpha value is -5.58. The first-order valence-electron chi connectivity index (χ1n) is 15.4. The quantitative estimate of drug-likeness (QED) is 0.0918. The van der Waals surface area contributed by atoms with Gasteiger partial charge >= 0.3 is 12.1 Å². The van der Waals surface area contributed by atoms with Crippen LogP contribution in [0.1, 0.15) is 81.2 Å². The third kappa shape index (κ3) is 7.83. The Labute approximate surface area is 287 Å². The van der Waals surface area contributed by atoms with Crippen LogP contribution in [0, 0.1) is 23.0 Å². The van der Waals surface area contributed by atoms with E-state index in [1.807, 2.05) is 0 Å². The van der Waals surface area contributed by atoms with Crippen molar-refractivity contribution in [3.63, 3.8) is 0 Å². The fourth-order valence-electron chi connectivity index (χ4n) is 5.09. The number of nitro groups is 1. The average molecular weight is 712 g/mol. The standard InChI is InChI=1S/C33H37N5O11S/c1-8-47-31(41)25(21-17-37(22-14-10-9-13-20(21)22)50(45,46)24-16-12-11-15-23(24)38(43)44)28(39)36-29(40)27-19(4)48-30(34-27)26(18(2)3)35-32(42)49-33(5,6)7/h9-18,25-26H,8H2,1-7H3,(H,35,42)(H,36,39,40)/t25?,26-/m0/s1. The maximum absolute atomic E-state index is 13.8. The Kier molecular flexibility index (Phi) is 10.8. The molecule has 3 amide bonds. The van der Waals surface area contributed by atoms with Crippen molar-refractivity contribution in [1.82, 2.24) is 19.6 Å². The van der Waals surface area contributed by atoms with Crippen molar-refractivity contribution >= 4 is 50.5 Å². The molecule has 0 saturated carbocycles. The minimum absolute atomic E-state index is 0.00164. The molecule has 16 nitrogen and oxygen atoms in total. The first-order valence-corrected chi connectivity index (χ1v) is 16.9. The molecule has 2 heterocycles. The van der Waals surface area contributed by atoms with Crippen molar-refractivity contribution in [2.24, 2.45) is 5.92 Å². The fourth-order valence-corrected chi connectivity index (χ4v) is 6.63. The summed E-state index contributed by atoms with van der Waals surface area (Å²) in [5, 5.41) is 16.6. The molecule has 50 heavy (non-hydrogen) atoms. The summed E-state index contributed by atoms with van der Waals surface area (Å²) in [6, 6.07) is 9.81. The number of imide groups is 1. The van der Waals surface area contributed by atoms with Gasteiger partial charge < -0.3 is 19.2 Å². The number of benzene rings is 2. The van der Waals surface area contributed by atoms with Gasteiger partial charge in [0.15, 0.2) is 16.5 Å². The van der Waals surface area contributed by atoms with Crippen LogP contribution in [0.2, 0.25) is 0 Å². The highest BCUT2D eigenvalue weighted by molar-refractivity contribution is 7.90. The largest absolute Gasteiger partial charge is 0.465 e. The molecule has 0 bridgehead atoms. The molecule has 0 saturated heterocycles. The summed E-state index contributed by atoms with van der Waals surface area (Å²) in [6.07, 6.45) is 0.255. The molecule has 0 radical (unpaired) electrons. The summed E-state index contributed by atoms with van der Waals surface area (Å²) in [5.41, 5.74) is -1.92. The molecule has 4 aromatic rings. The number of para-hydroxylation sites is 2. The predicted octanol–water partition coefficient (Wildman–Crippen LogP) is 4.91. The van der Waals surface area contributed by atoms with E-state index < -0.39 is 67.0 Å². The normalized spacial score (nSPS) is 13.0. The fraction of sp³-hybridized carbons (Fsp3) is 0.364. The predicted molar refractivity (Wildman–Crippen MR) is 178 cm³/mol. The number of carbonyl (C=O) groups is 4. The topological polar surface area (TPSA) is 219 Å². The number of hydrogen-bond acceptors (Lipinski definition) is 12. The van der Waals surface area contributed by atoms with E-state index in [1.54, 1.807) is 34.6 Å². The number of fused-ring (bicyclic) bond motifs is 1. The van der Waals surface area contributed by atoms with Crippen LogP contribution in [-0.2, 0) is 29.1 Å². The lowest BCUT2D eigenvalue weighted by molar-refractivity contribution is -0.387. The number of nitro benzene ring substituents is 1. The molecule has 2 aromatic heterocycles. The van der Waals surface area contributed by atoms with Gasteiger partial charge in [0.1, 0.15) is 17.4 Å². The minimum atomic E-state index is -4.66. The van der Waals surface area contributed by atoms with Gasteiger partial charge in [-0.2, -0.15) is 0 Å². The minimum Gasteiger partial charge on any atom is -0.465 e. The molecule has 4 rings (SSSR count). The molecule has 0 aliphatic heterocycles. The van der Waals surface area contributed by atoms with Crippen molar-refractivity contribution in [2.75, 3.05) is 6.61 Å². The van der Waals surface area contributed by atoms with Crippen molar-refractivity contribution in [3.8, 4) is 0 Å². The van der Waals surface area contributed by atoms with E-state index in [4.69, 9.17) is 13.9 Å². The third-order valence-electron chi connectivity index (χ3n) is 7.27. The molecule has 17 heteroatoms. The Morgan fingerprint density at radius 1 is 1.06 bits per heavy atom. The molecular weight excluding hydrogens is 674 g/mol. The number of oxazole rings is 1. The van der Waals surface area contributed by atoms with Crippen LogP contribution in [0.3, 0.4) is 0 Å². The van der Waals surface area contributed by atoms with Crippen molar-refractivity contribution in [1.29, 1.82) is 0 Å². The number of aryl methyl sites for hydroxylation is 1. The number of nitrogens with one attached hydrogen (secondary N) is 2. The zero-order valence-electron chi connectivity index (χ0n) is 28.4. The van der Waals surface area contributed by atoms with E-state index in [9.17, 15) is 37.7 Å². The van der Waals surface area contributed by atoms with Crippen LogP contribution in [0.5, 0.6) is 0 Å². The summed E-state index contributed by atoms with van der Waals surface area (Å²) in [6.45, 7) is 11.4. The summed E-state index contributed by atoms with van der Waals surface area (Å²) in [5.74, 6) is -5.48. The number of nitrogens with zero attached hydrogens (tertiary/aromatic N) is 3. The van der Waals surface area contributed by atoms with Gasteiger partial charge in [0.25, 0.3) is 21.6 Å². The second-order valence-electron chi connectivity index (χ2n) is 12.5. The molecule has 2 atom stereocenters. The van der Waals surface area contributed by atoms with Gasteiger partial charge in [-0.15, -0.1) is 0 Å². The van der Waals surface area contributed by atoms with Gasteiger partial charge in [0.05, 0.1) is 17.0 Å². The van der Waals surface area contributed by atoms with Crippen molar-refractivity contribution < 1.29 is 46.4 Å². The van der Waals surface area contributed by atoms with Crippen LogP contribution >= 0.6 is 0 Å². The van der Waals surface area contributed by atoms with E-state index in [0.717, 1.165) is 22.3 Å². The summed E-state index contributed by atoms with van der Waals surface area (Å²) >= 11 is 0. The van der Waals surface area contributed by atoms with E-state index in [1.165, 1.54) is 50.2 Å². The molecule has 1 unspecified atom stereocenters. The second kappa shape index (κ2) is 14.5. The summed E-state index contributed by atoms with van der Waals surface area (Å²) < 4.78 is 44.6. The van der Waals surface area contributed by atoms with Gasteiger partial charge in [-0.3, -0.25) is 29.8 Å². The van der Waals surface area contributed by atoms with Crippen molar-refractivity contribution in [3.05, 3.63) is 87.8 Å². The van der Waals surface area contributed by atoms with Crippen molar-refractivity contribution in [2.45, 2.75) is 70.9 Å². The van der Waals surface area contributed by atoms with Crippen LogP contribution in [0.25, 0.3) is 10.9 Å². The number of carbonyl (C=O) groups excluding carboxylic acids is 4. The Morgan fingerprint density at radius 2 is 1.70 bits per heavy atom. The summed E-state index contributed by atoms with van der Waals surface area (Å²) in [7, 11) is -4.66. The molecule has 2 aromatic carbocycles. The van der Waals surface area contributed by atoms with Crippen LogP contribution < -0.4 is 10.6 Å². The number of rotatable bonds is 11. The highest BCUT2D eigenvalue weighted by Gasteiger charge is 2.38. The lowest BCUT2D eigenvalue weighted by Gasteiger charge is -2.24. The molecule has 0 fully saturated rings. The number of ether oxygens (including phenoxy) is 2. The first-order chi connectivity index (χ1) is 23.4. The average Bonchev–Trinajstić information content (AvgIpc) is 3.60. The highest BCUT2D eigenvalue weighted by Crippen LogP contribution is 2.34. The number of esters is 1. The molecule has 0 aliphatic rings. The van der Waals surface area contributed by atoms with Gasteiger partial charge in [0.2, 0.25) is 11.8 Å². The molecule has 266 valence electrons. The zero-order valence-corrected chi connectivity index (χ0v) is 29.2. The van der Waals surface area contributed by atoms with Crippen LogP contribution in [0.15, 0.2) is 64.0 Å². The first kappa shape index (κ1) is 37.2. The van der Waals surface area contributed by atoms with Crippen LogP contribution in [-0.4, -0.2) is 58.4 Å². The van der Waals surface area contributed by atoms with Gasteiger partial charge in [-0.1, -0.05) is 44.2 Å². The number of aromatic nitrogens is 2. The van der Waals surface area contributed by atoms with Gasteiger partial charge in [-0.25, -0.2) is 22.2 Å². The van der Waals surface area contributed by atoms with Crippen LogP contribution in [0.4, 0.5) is 10.5 Å². The van der Waals surface area contributed by atoms with E-state index in [0.29, 0.717) is 0 Å². The molecule has 0 spiro atoms. The van der Waals surface area contributed by atoms with E-state index in [2.05, 4.69) is 15.6 Å². The smallest absolute Gasteiger partial charge is 0.408 e. The number of hydrogen-bond donors (Lipinski definition) is 2. The SMILES string of the molecule is CCOC(=O)C(C(=O)NC(=O)c1nc([C@@H](NC(=O)OC(C)(C)C)C(C)C)oc1C)c1cn(S(=O)(=O)c2ccccc2[N+](=O)[O-])c2ccccc12. The molecule has 2 N–H and O–H groups in total. The summed E-state index contributed by atoms with van der Waals surface area (Å²) in [4.78, 5) is 67.5. The van der Waals surface area contributed by atoms with E-state index >= 15 is 0 Å². The Morgan fingerprint density at radius 3 is 2.32 bits per heavy atom. The number of alkyl carbamates (subject to hydrolysis) is 1. The number of amides is 3.